The molecule has 9 heteroatoms. The van der Waals surface area contributed by atoms with Gasteiger partial charge in [-0.05, 0) is 29.7 Å². The lowest BCUT2D eigenvalue weighted by atomic mass is 9.96. The first-order chi connectivity index (χ1) is 16.9. The van der Waals surface area contributed by atoms with Crippen LogP contribution < -0.4 is 10.4 Å². The summed E-state index contributed by atoms with van der Waals surface area (Å²) in [6, 6.07) is 11.6. The first kappa shape index (κ1) is 23.0. The van der Waals surface area contributed by atoms with Crippen LogP contribution in [-0.4, -0.2) is 41.5 Å². The molecule has 1 N–H and O–H groups in total. The van der Waals surface area contributed by atoms with Crippen molar-refractivity contribution in [2.45, 2.75) is 32.4 Å². The molecule has 5 rings (SSSR count). The van der Waals surface area contributed by atoms with E-state index in [-0.39, 0.29) is 23.9 Å². The maximum atomic E-state index is 13.2. The first-order valence-electron chi connectivity index (χ1n) is 11.2. The van der Waals surface area contributed by atoms with Gasteiger partial charge in [0.25, 0.3) is 5.91 Å². The fourth-order valence-corrected chi connectivity index (χ4v) is 4.89. The third-order valence-electron chi connectivity index (χ3n) is 6.41. The van der Waals surface area contributed by atoms with Gasteiger partial charge in [-0.15, -0.1) is 0 Å². The number of nitrogens with one attached hydrogen (secondary N) is 1. The molecule has 0 saturated heterocycles. The van der Waals surface area contributed by atoms with Crippen molar-refractivity contribution in [3.63, 3.8) is 0 Å². The zero-order valence-corrected chi connectivity index (χ0v) is 20.0. The molecule has 0 saturated carbocycles. The topological polar surface area (TPSA) is 102 Å². The summed E-state index contributed by atoms with van der Waals surface area (Å²) in [5.74, 6) is -0.682. The molecule has 1 unspecified atom stereocenters. The smallest absolute Gasteiger partial charge is 0.336 e. The van der Waals surface area contributed by atoms with Gasteiger partial charge in [0.15, 0.2) is 6.61 Å². The monoisotopic (exact) mass is 494 g/mol. The summed E-state index contributed by atoms with van der Waals surface area (Å²) in [5, 5.41) is 2.02. The lowest BCUT2D eigenvalue weighted by molar-refractivity contribution is -0.154. The molecular formula is C26H23ClN2O6. The number of H-pyrrole nitrogens is 1. The molecule has 3 heterocycles. The maximum Gasteiger partial charge on any atom is 0.336 e. The summed E-state index contributed by atoms with van der Waals surface area (Å²) in [4.78, 5) is 42.5. The van der Waals surface area contributed by atoms with Crippen LogP contribution in [0.2, 0.25) is 5.02 Å². The molecule has 1 atom stereocenters. The van der Waals surface area contributed by atoms with Gasteiger partial charge >= 0.3 is 11.6 Å². The second kappa shape index (κ2) is 9.11. The summed E-state index contributed by atoms with van der Waals surface area (Å²) in [5.41, 5.74) is 3.49. The Kier molecular flexibility index (Phi) is 5.98. The molecule has 0 fully saturated rings. The molecule has 2 aromatic heterocycles. The molecular weight excluding hydrogens is 472 g/mol. The minimum absolute atomic E-state index is 0.210. The van der Waals surface area contributed by atoms with Gasteiger partial charge in [0.2, 0.25) is 0 Å². The van der Waals surface area contributed by atoms with Crippen molar-refractivity contribution in [3.05, 3.63) is 74.7 Å². The van der Waals surface area contributed by atoms with E-state index in [0.29, 0.717) is 23.8 Å². The number of methoxy groups -OCH3 is 1. The second-order valence-corrected chi connectivity index (χ2v) is 8.81. The summed E-state index contributed by atoms with van der Waals surface area (Å²) in [6.07, 6.45) is 0.968. The highest BCUT2D eigenvalue weighted by molar-refractivity contribution is 6.32. The van der Waals surface area contributed by atoms with Gasteiger partial charge in [-0.3, -0.25) is 4.79 Å². The number of halogens is 1. The van der Waals surface area contributed by atoms with Gasteiger partial charge in [0.1, 0.15) is 17.4 Å². The van der Waals surface area contributed by atoms with E-state index in [4.69, 9.17) is 25.5 Å². The molecule has 4 aromatic rings. The summed E-state index contributed by atoms with van der Waals surface area (Å²) in [6.45, 7) is 1.79. The Balaban J connectivity index is 1.41. The zero-order chi connectivity index (χ0) is 24.7. The number of aromatic amines is 1. The fraction of sp³-hybridized carbons (Fsp3) is 0.269. The number of esters is 1. The fourth-order valence-electron chi connectivity index (χ4n) is 4.67. The molecule has 35 heavy (non-hydrogen) atoms. The van der Waals surface area contributed by atoms with Gasteiger partial charge in [0.05, 0.1) is 18.7 Å². The minimum Gasteiger partial charge on any atom is -0.482 e. The predicted molar refractivity (Wildman–Crippen MR) is 131 cm³/mol. The number of carbonyl (C=O) groups excluding carboxylic acids is 2. The number of fused-ring (bicyclic) bond motifs is 4. The quantitative estimate of drug-likeness (QED) is 0.332. The SMILES string of the molecule is CCc1cc(=O)oc2cc(OCC(=O)N3Cc4[nH]c5ccccc5c4CC3C(=O)OC)c(Cl)cc12. The van der Waals surface area contributed by atoms with Crippen molar-refractivity contribution >= 4 is 45.3 Å². The number of para-hydroxylation sites is 1. The normalized spacial score (nSPS) is 15.3. The number of nitrogens with zero attached hydrogens (tertiary/aromatic N) is 1. The Morgan fingerprint density at radius 1 is 1.20 bits per heavy atom. The van der Waals surface area contributed by atoms with E-state index in [0.717, 1.165) is 27.7 Å². The Bertz CT molecular complexity index is 1520. The molecule has 0 aliphatic carbocycles. The second-order valence-electron chi connectivity index (χ2n) is 8.40. The zero-order valence-electron chi connectivity index (χ0n) is 19.2. The van der Waals surface area contributed by atoms with Crippen LogP contribution in [0.1, 0.15) is 23.7 Å². The number of ether oxygens (including phenoxy) is 2. The van der Waals surface area contributed by atoms with Crippen LogP contribution in [-0.2, 0) is 33.7 Å². The highest BCUT2D eigenvalue weighted by Gasteiger charge is 2.37. The molecule has 1 aliphatic heterocycles. The number of carbonyl (C=O) groups is 2. The highest BCUT2D eigenvalue weighted by Crippen LogP contribution is 2.33. The van der Waals surface area contributed by atoms with E-state index in [1.54, 1.807) is 6.07 Å². The standard InChI is InChI=1S/C26H23ClN2O6/c1-3-14-8-25(31)35-22-11-23(18(27)9-16(14)22)34-13-24(30)29-12-20-17(10-21(29)26(32)33-2)15-6-4-5-7-19(15)28-20/h4-9,11,21,28H,3,10,12-13H2,1-2H3. The van der Waals surface area contributed by atoms with Crippen molar-refractivity contribution in [2.24, 2.45) is 0 Å². The van der Waals surface area contributed by atoms with E-state index in [9.17, 15) is 14.4 Å². The number of hydrogen-bond acceptors (Lipinski definition) is 6. The van der Waals surface area contributed by atoms with E-state index in [1.165, 1.54) is 24.1 Å². The van der Waals surface area contributed by atoms with Gasteiger partial charge in [-0.25, -0.2) is 9.59 Å². The lowest BCUT2D eigenvalue weighted by Gasteiger charge is -2.33. The highest BCUT2D eigenvalue weighted by atomic mass is 35.5. The number of rotatable bonds is 5. The number of amides is 1. The molecule has 0 spiro atoms. The molecule has 0 radical (unpaired) electrons. The van der Waals surface area contributed by atoms with Crippen LogP contribution in [0.4, 0.5) is 0 Å². The summed E-state index contributed by atoms with van der Waals surface area (Å²) in [7, 11) is 1.30. The molecule has 180 valence electrons. The molecule has 2 aromatic carbocycles. The van der Waals surface area contributed by atoms with Crippen LogP contribution in [0, 0.1) is 0 Å². The minimum atomic E-state index is -0.778. The molecule has 1 aliphatic rings. The van der Waals surface area contributed by atoms with Crippen molar-refractivity contribution in [2.75, 3.05) is 13.7 Å². The lowest BCUT2D eigenvalue weighted by Crippen LogP contribution is -2.50. The Hall–Kier alpha value is -3.78. The molecule has 0 bridgehead atoms. The van der Waals surface area contributed by atoms with E-state index >= 15 is 0 Å². The average Bonchev–Trinajstić information content (AvgIpc) is 3.23. The predicted octanol–water partition coefficient (Wildman–Crippen LogP) is 4.00. The average molecular weight is 495 g/mol. The van der Waals surface area contributed by atoms with E-state index < -0.39 is 23.5 Å². The Morgan fingerprint density at radius 3 is 2.77 bits per heavy atom. The van der Waals surface area contributed by atoms with Crippen LogP contribution in [0.15, 0.2) is 51.7 Å². The van der Waals surface area contributed by atoms with Crippen molar-refractivity contribution in [1.29, 1.82) is 0 Å². The largest absolute Gasteiger partial charge is 0.482 e. The number of aryl methyl sites for hydroxylation is 1. The van der Waals surface area contributed by atoms with Crippen molar-refractivity contribution < 1.29 is 23.5 Å². The molecule has 8 nitrogen and oxygen atoms in total. The first-order valence-corrected chi connectivity index (χ1v) is 11.6. The van der Waals surface area contributed by atoms with Crippen LogP contribution in [0.5, 0.6) is 5.75 Å². The van der Waals surface area contributed by atoms with Crippen molar-refractivity contribution in [3.8, 4) is 5.75 Å². The summed E-state index contributed by atoms with van der Waals surface area (Å²) < 4.78 is 16.0. The van der Waals surface area contributed by atoms with Crippen LogP contribution in [0.3, 0.4) is 0 Å². The van der Waals surface area contributed by atoms with E-state index in [1.807, 2.05) is 31.2 Å². The Labute approximate surface area is 205 Å². The Morgan fingerprint density at radius 2 is 2.00 bits per heavy atom. The van der Waals surface area contributed by atoms with Crippen LogP contribution in [0.25, 0.3) is 21.9 Å². The van der Waals surface area contributed by atoms with Gasteiger partial charge in [-0.2, -0.15) is 0 Å². The molecule has 1 amide bonds. The third kappa shape index (κ3) is 4.14. The van der Waals surface area contributed by atoms with Crippen LogP contribution >= 0.6 is 11.6 Å². The summed E-state index contributed by atoms with van der Waals surface area (Å²) >= 11 is 6.41. The van der Waals surface area contributed by atoms with Gasteiger partial charge < -0.3 is 23.8 Å². The van der Waals surface area contributed by atoms with Gasteiger partial charge in [-0.1, -0.05) is 36.7 Å². The third-order valence-corrected chi connectivity index (χ3v) is 6.71. The maximum absolute atomic E-state index is 13.2. The number of hydrogen-bond donors (Lipinski definition) is 1. The van der Waals surface area contributed by atoms with E-state index in [2.05, 4.69) is 4.98 Å². The number of aromatic nitrogens is 1. The van der Waals surface area contributed by atoms with Crippen molar-refractivity contribution in [1.82, 2.24) is 9.88 Å². The number of benzene rings is 2. The van der Waals surface area contributed by atoms with Gasteiger partial charge in [0, 0.05) is 40.5 Å².